The topological polar surface area (TPSA) is 93.1 Å². The highest BCUT2D eigenvalue weighted by Gasteiger charge is 2.49. The fraction of sp³-hybridized carbons (Fsp3) is 0.424. The van der Waals surface area contributed by atoms with Gasteiger partial charge in [-0.15, -0.1) is 6.42 Å². The van der Waals surface area contributed by atoms with Crippen molar-refractivity contribution in [1.82, 2.24) is 19.9 Å². The van der Waals surface area contributed by atoms with Crippen LogP contribution in [0.3, 0.4) is 0 Å². The Labute approximate surface area is 252 Å². The number of aromatic nitrogens is 3. The number of hydrogen-bond donors (Lipinski definition) is 1. The van der Waals surface area contributed by atoms with Crippen LogP contribution in [0.4, 0.5) is 14.6 Å². The number of phenolic OH excluding ortho intramolecular Hbond substituents is 1. The van der Waals surface area contributed by atoms with Gasteiger partial charge in [0.15, 0.2) is 5.82 Å². The zero-order valence-electron chi connectivity index (χ0n) is 24.1. The van der Waals surface area contributed by atoms with E-state index in [0.717, 1.165) is 19.4 Å². The summed E-state index contributed by atoms with van der Waals surface area (Å²) in [6.07, 6.45) is 7.79. The zero-order valence-corrected chi connectivity index (χ0v) is 24.1. The molecule has 0 radical (unpaired) electrons. The summed E-state index contributed by atoms with van der Waals surface area (Å²) in [7, 11) is 0. The molecule has 3 fully saturated rings. The third kappa shape index (κ3) is 4.31. The van der Waals surface area contributed by atoms with Gasteiger partial charge in [-0.1, -0.05) is 18.1 Å². The van der Waals surface area contributed by atoms with Gasteiger partial charge in [-0.25, -0.2) is 13.8 Å². The molecule has 3 saturated heterocycles. The summed E-state index contributed by atoms with van der Waals surface area (Å²) in [4.78, 5) is 18.3. The van der Waals surface area contributed by atoms with Crippen molar-refractivity contribution in [3.05, 3.63) is 41.7 Å². The van der Waals surface area contributed by atoms with Gasteiger partial charge in [0.1, 0.15) is 47.5 Å². The third-order valence-corrected chi connectivity index (χ3v) is 9.51. The maximum atomic E-state index is 16.9. The smallest absolute Gasteiger partial charge is 0.319 e. The average Bonchev–Trinajstić information content (AvgIpc) is 3.37. The molecule has 2 aromatic heterocycles. The molecule has 4 aromatic rings. The van der Waals surface area contributed by atoms with Gasteiger partial charge in [-0.3, -0.25) is 4.90 Å². The lowest BCUT2D eigenvalue weighted by atomic mass is 9.95. The van der Waals surface area contributed by atoms with Crippen molar-refractivity contribution in [3.63, 3.8) is 0 Å². The fourth-order valence-electron chi connectivity index (χ4n) is 7.48. The maximum absolute atomic E-state index is 16.9. The summed E-state index contributed by atoms with van der Waals surface area (Å²) >= 11 is 0. The first-order chi connectivity index (χ1) is 21.4. The molecule has 44 heavy (non-hydrogen) atoms. The highest BCUT2D eigenvalue weighted by molar-refractivity contribution is 6.04. The second-order valence-corrected chi connectivity index (χ2v) is 12.1. The van der Waals surface area contributed by atoms with Crippen LogP contribution in [-0.4, -0.2) is 88.8 Å². The molecule has 1 unspecified atom stereocenters. The van der Waals surface area contributed by atoms with Crippen LogP contribution in [0.2, 0.25) is 0 Å². The molecule has 0 spiro atoms. The molecule has 0 amide bonds. The molecule has 4 aliphatic heterocycles. The maximum Gasteiger partial charge on any atom is 0.319 e. The van der Waals surface area contributed by atoms with Gasteiger partial charge in [0.2, 0.25) is 5.88 Å². The van der Waals surface area contributed by atoms with E-state index in [0.29, 0.717) is 72.2 Å². The molecule has 0 aliphatic carbocycles. The third-order valence-electron chi connectivity index (χ3n) is 9.51. The molecule has 8 rings (SSSR count). The standard InChI is InChI=1S/C33H31F2N5O4/c1-2-19-5-3-6-20-13-23(41)14-24(25(19)20)28-27(35)29-26-30(40-10-12-42-11-7-22(40)17-43-31(26)36-28)38-32(37-29)44-18-33-8-4-9-39(33)16-21(34)15-33/h1,3,5-6,13-14,21-22,41H,4,7-12,15-18H2/t21-,22?,33+/m1/s1. The second-order valence-electron chi connectivity index (χ2n) is 12.1. The molecule has 4 aliphatic rings. The molecule has 6 heterocycles. The number of phenols is 1. The van der Waals surface area contributed by atoms with Crippen LogP contribution < -0.4 is 14.4 Å². The van der Waals surface area contributed by atoms with E-state index < -0.39 is 17.5 Å². The number of alkyl halides is 1. The second kappa shape index (κ2) is 10.4. The summed E-state index contributed by atoms with van der Waals surface area (Å²) in [5.74, 6) is 2.56. The van der Waals surface area contributed by atoms with Crippen molar-refractivity contribution in [3.8, 4) is 41.2 Å². The van der Waals surface area contributed by atoms with Crippen LogP contribution in [0.5, 0.6) is 17.6 Å². The van der Waals surface area contributed by atoms with E-state index in [9.17, 15) is 9.50 Å². The normalized spacial score (nSPS) is 24.8. The molecule has 9 nitrogen and oxygen atoms in total. The van der Waals surface area contributed by atoms with Crippen LogP contribution in [0.25, 0.3) is 32.9 Å². The van der Waals surface area contributed by atoms with E-state index in [1.54, 1.807) is 24.3 Å². The molecule has 0 saturated carbocycles. The van der Waals surface area contributed by atoms with Gasteiger partial charge in [-0.05, 0) is 49.4 Å². The Morgan fingerprint density at radius 3 is 2.95 bits per heavy atom. The Morgan fingerprint density at radius 2 is 2.07 bits per heavy atom. The molecule has 3 atom stereocenters. The quantitative estimate of drug-likeness (QED) is 0.338. The summed E-state index contributed by atoms with van der Waals surface area (Å²) in [6, 6.07) is 8.30. The van der Waals surface area contributed by atoms with Crippen LogP contribution in [0.1, 0.15) is 31.2 Å². The minimum atomic E-state index is -0.908. The van der Waals surface area contributed by atoms with Crippen LogP contribution in [0.15, 0.2) is 30.3 Å². The molecule has 11 heteroatoms. The van der Waals surface area contributed by atoms with Crippen LogP contribution in [0, 0.1) is 18.2 Å². The summed E-state index contributed by atoms with van der Waals surface area (Å²) in [6.45, 7) is 3.26. The molecular formula is C33H31F2N5O4. The van der Waals surface area contributed by atoms with Crippen LogP contribution >= 0.6 is 0 Å². The Morgan fingerprint density at radius 1 is 1.16 bits per heavy atom. The largest absolute Gasteiger partial charge is 0.508 e. The van der Waals surface area contributed by atoms with Gasteiger partial charge in [-0.2, -0.15) is 9.97 Å². The van der Waals surface area contributed by atoms with Crippen molar-refractivity contribution in [1.29, 1.82) is 0 Å². The van der Waals surface area contributed by atoms with Crippen LogP contribution in [-0.2, 0) is 4.74 Å². The van der Waals surface area contributed by atoms with Gasteiger partial charge in [0, 0.05) is 42.6 Å². The number of halogens is 2. The van der Waals surface area contributed by atoms with E-state index in [2.05, 4.69) is 20.7 Å². The monoisotopic (exact) mass is 599 g/mol. The highest BCUT2D eigenvalue weighted by Crippen LogP contribution is 2.44. The van der Waals surface area contributed by atoms with Crippen molar-refractivity contribution in [2.24, 2.45) is 0 Å². The number of ether oxygens (including phenoxy) is 3. The van der Waals surface area contributed by atoms with Gasteiger partial charge >= 0.3 is 6.01 Å². The molecule has 1 N–H and O–H groups in total. The first kappa shape index (κ1) is 27.3. The van der Waals surface area contributed by atoms with Crippen molar-refractivity contribution in [2.45, 2.75) is 43.4 Å². The van der Waals surface area contributed by atoms with E-state index in [4.69, 9.17) is 30.6 Å². The van der Waals surface area contributed by atoms with Crippen molar-refractivity contribution in [2.75, 3.05) is 51.0 Å². The number of rotatable bonds is 4. The molecule has 226 valence electrons. The lowest BCUT2D eigenvalue weighted by Crippen LogP contribution is -2.43. The Bertz CT molecular complexity index is 1850. The van der Waals surface area contributed by atoms with E-state index in [1.807, 2.05) is 0 Å². The van der Waals surface area contributed by atoms with Crippen molar-refractivity contribution >= 4 is 27.5 Å². The predicted molar refractivity (Wildman–Crippen MR) is 160 cm³/mol. The van der Waals surface area contributed by atoms with Gasteiger partial charge in [0.05, 0.1) is 18.2 Å². The molecule has 2 aromatic carbocycles. The lowest BCUT2D eigenvalue weighted by Gasteiger charge is -2.31. The average molecular weight is 600 g/mol. The fourth-order valence-corrected chi connectivity index (χ4v) is 7.48. The number of fused-ring (bicyclic) bond motifs is 4. The molecular weight excluding hydrogens is 568 g/mol. The first-order valence-corrected chi connectivity index (χ1v) is 15.1. The number of benzene rings is 2. The van der Waals surface area contributed by atoms with Crippen molar-refractivity contribution < 1.29 is 28.1 Å². The van der Waals surface area contributed by atoms with Gasteiger partial charge in [0.25, 0.3) is 0 Å². The number of pyridine rings is 1. The predicted octanol–water partition coefficient (Wildman–Crippen LogP) is 4.61. The Balaban J connectivity index is 1.32. The lowest BCUT2D eigenvalue weighted by molar-refractivity contribution is 0.107. The summed E-state index contributed by atoms with van der Waals surface area (Å²) in [5, 5.41) is 12.2. The zero-order chi connectivity index (χ0) is 30.0. The highest BCUT2D eigenvalue weighted by atomic mass is 19.1. The number of anilines is 1. The number of terminal acetylenes is 1. The van der Waals surface area contributed by atoms with E-state index >= 15 is 4.39 Å². The summed E-state index contributed by atoms with van der Waals surface area (Å²) in [5.41, 5.74) is 0.370. The number of nitrogens with zero attached hydrogens (tertiary/aromatic N) is 5. The first-order valence-electron chi connectivity index (χ1n) is 15.1. The minimum absolute atomic E-state index is 0.00827. The SMILES string of the molecule is C#Cc1cccc2cc(O)cc(-c3nc4c5c(nc(OC[C@@]67CCCN6C[C@H](F)C7)nc5c3F)N3CCOCCC3CO4)c12. The summed E-state index contributed by atoms with van der Waals surface area (Å²) < 4.78 is 49.6. The minimum Gasteiger partial charge on any atom is -0.508 e. The Hall–Kier alpha value is -4.27. The van der Waals surface area contributed by atoms with Gasteiger partial charge < -0.3 is 24.2 Å². The van der Waals surface area contributed by atoms with E-state index in [1.165, 1.54) is 6.07 Å². The van der Waals surface area contributed by atoms with E-state index in [-0.39, 0.29) is 48.1 Å². The number of aromatic hydroxyl groups is 1. The number of hydrogen-bond acceptors (Lipinski definition) is 9. The molecule has 0 bridgehead atoms. The Kier molecular flexibility index (Phi) is 6.46.